The maximum Gasteiger partial charge on any atom is 0.224 e. The minimum Gasteiger partial charge on any atom is -0.375 e. The summed E-state index contributed by atoms with van der Waals surface area (Å²) >= 11 is 0. The molecule has 0 aliphatic carbocycles. The summed E-state index contributed by atoms with van der Waals surface area (Å²) in [5.41, 5.74) is 5.99. The lowest BCUT2D eigenvalue weighted by molar-refractivity contribution is -0.139. The summed E-state index contributed by atoms with van der Waals surface area (Å²) in [4.78, 5) is 13.9. The van der Waals surface area contributed by atoms with E-state index in [9.17, 15) is 4.79 Å². The number of amides is 1. The molecule has 1 heterocycles. The topological polar surface area (TPSA) is 55.6 Å². The molecule has 1 aliphatic heterocycles. The molecule has 1 aliphatic rings. The van der Waals surface area contributed by atoms with Crippen molar-refractivity contribution in [1.29, 1.82) is 0 Å². The predicted octanol–water partition coefficient (Wildman–Crippen LogP) is 0.997. The SMILES string of the molecule is CC1CN(C(=O)CC(N)C(C)(C)C)CCO1. The minimum atomic E-state index is -0.0850. The Balaban J connectivity index is 2.46. The quantitative estimate of drug-likeness (QED) is 0.767. The van der Waals surface area contributed by atoms with Gasteiger partial charge in [-0.25, -0.2) is 0 Å². The van der Waals surface area contributed by atoms with Crippen LogP contribution in [0.25, 0.3) is 0 Å². The Kier molecular flexibility index (Phi) is 4.33. The van der Waals surface area contributed by atoms with Gasteiger partial charge in [0.05, 0.1) is 12.7 Å². The van der Waals surface area contributed by atoms with Crippen molar-refractivity contribution in [1.82, 2.24) is 4.90 Å². The first kappa shape index (κ1) is 13.5. The van der Waals surface area contributed by atoms with Crippen LogP contribution in [-0.2, 0) is 9.53 Å². The molecule has 4 nitrogen and oxygen atoms in total. The number of carbonyl (C=O) groups is 1. The third-order valence-electron chi connectivity index (χ3n) is 3.10. The highest BCUT2D eigenvalue weighted by molar-refractivity contribution is 5.77. The minimum absolute atomic E-state index is 0.0203. The maximum absolute atomic E-state index is 12.0. The summed E-state index contributed by atoms with van der Waals surface area (Å²) in [7, 11) is 0. The standard InChI is InChI=1S/C12H24N2O2/c1-9-8-14(5-6-16-9)11(15)7-10(13)12(2,3)4/h9-10H,5-8,13H2,1-4H3. The normalized spacial score (nSPS) is 24.3. The second kappa shape index (κ2) is 5.15. The van der Waals surface area contributed by atoms with Gasteiger partial charge in [0.25, 0.3) is 0 Å². The highest BCUT2D eigenvalue weighted by Gasteiger charge is 2.27. The van der Waals surface area contributed by atoms with E-state index in [1.54, 1.807) is 0 Å². The third kappa shape index (κ3) is 3.76. The fourth-order valence-electron chi connectivity index (χ4n) is 1.67. The van der Waals surface area contributed by atoms with Crippen LogP contribution in [0.2, 0.25) is 0 Å². The molecule has 16 heavy (non-hydrogen) atoms. The van der Waals surface area contributed by atoms with Gasteiger partial charge in [-0.05, 0) is 12.3 Å². The summed E-state index contributed by atoms with van der Waals surface area (Å²) < 4.78 is 5.41. The van der Waals surface area contributed by atoms with E-state index in [1.807, 2.05) is 11.8 Å². The van der Waals surface area contributed by atoms with Gasteiger partial charge in [0.1, 0.15) is 0 Å². The Morgan fingerprint density at radius 3 is 2.69 bits per heavy atom. The van der Waals surface area contributed by atoms with Crippen molar-refractivity contribution in [2.45, 2.75) is 46.3 Å². The molecule has 0 bridgehead atoms. The summed E-state index contributed by atoms with van der Waals surface area (Å²) in [5, 5.41) is 0. The van der Waals surface area contributed by atoms with Gasteiger partial charge in [-0.15, -0.1) is 0 Å². The second-order valence-corrected chi connectivity index (χ2v) is 5.70. The first-order chi connectivity index (χ1) is 7.30. The van der Waals surface area contributed by atoms with Crippen LogP contribution >= 0.6 is 0 Å². The molecule has 0 aromatic rings. The van der Waals surface area contributed by atoms with Crippen LogP contribution in [0.15, 0.2) is 0 Å². The Hall–Kier alpha value is -0.610. The van der Waals surface area contributed by atoms with Gasteiger partial charge in [0.15, 0.2) is 0 Å². The van der Waals surface area contributed by atoms with Gasteiger partial charge in [-0.2, -0.15) is 0 Å². The Morgan fingerprint density at radius 2 is 2.19 bits per heavy atom. The van der Waals surface area contributed by atoms with Crippen molar-refractivity contribution in [2.75, 3.05) is 19.7 Å². The lowest BCUT2D eigenvalue weighted by atomic mass is 9.85. The molecule has 94 valence electrons. The third-order valence-corrected chi connectivity index (χ3v) is 3.10. The Morgan fingerprint density at radius 1 is 1.56 bits per heavy atom. The summed E-state index contributed by atoms with van der Waals surface area (Å²) in [6, 6.07) is -0.0850. The first-order valence-electron chi connectivity index (χ1n) is 5.95. The van der Waals surface area contributed by atoms with Gasteiger partial charge < -0.3 is 15.4 Å². The largest absolute Gasteiger partial charge is 0.375 e. The van der Waals surface area contributed by atoms with E-state index in [4.69, 9.17) is 10.5 Å². The van der Waals surface area contributed by atoms with E-state index in [0.717, 1.165) is 0 Å². The number of hydrogen-bond acceptors (Lipinski definition) is 3. The summed E-state index contributed by atoms with van der Waals surface area (Å²) in [6.07, 6.45) is 0.569. The first-order valence-corrected chi connectivity index (χ1v) is 5.95. The number of hydrogen-bond donors (Lipinski definition) is 1. The molecular weight excluding hydrogens is 204 g/mol. The van der Waals surface area contributed by atoms with Crippen LogP contribution in [0, 0.1) is 5.41 Å². The van der Waals surface area contributed by atoms with Crippen LogP contribution < -0.4 is 5.73 Å². The molecule has 1 saturated heterocycles. The van der Waals surface area contributed by atoms with Crippen molar-refractivity contribution in [3.63, 3.8) is 0 Å². The smallest absolute Gasteiger partial charge is 0.224 e. The Bertz CT molecular complexity index is 248. The molecule has 0 aromatic carbocycles. The second-order valence-electron chi connectivity index (χ2n) is 5.70. The fourth-order valence-corrected chi connectivity index (χ4v) is 1.67. The summed E-state index contributed by atoms with van der Waals surface area (Å²) in [5.74, 6) is 0.151. The van der Waals surface area contributed by atoms with Crippen LogP contribution in [0.5, 0.6) is 0 Å². The number of ether oxygens (including phenoxy) is 1. The molecule has 1 rings (SSSR count). The predicted molar refractivity (Wildman–Crippen MR) is 64.0 cm³/mol. The molecule has 4 heteroatoms. The van der Waals surface area contributed by atoms with Crippen molar-refractivity contribution < 1.29 is 9.53 Å². The maximum atomic E-state index is 12.0. The summed E-state index contributed by atoms with van der Waals surface area (Å²) in [6.45, 7) is 10.2. The number of morpholine rings is 1. The van der Waals surface area contributed by atoms with E-state index < -0.39 is 0 Å². The van der Waals surface area contributed by atoms with E-state index in [2.05, 4.69) is 20.8 Å². The van der Waals surface area contributed by atoms with Crippen molar-refractivity contribution in [3.05, 3.63) is 0 Å². The Labute approximate surface area is 98.1 Å². The van der Waals surface area contributed by atoms with Gasteiger partial charge >= 0.3 is 0 Å². The molecule has 0 saturated carbocycles. The van der Waals surface area contributed by atoms with E-state index in [-0.39, 0.29) is 23.5 Å². The van der Waals surface area contributed by atoms with Crippen LogP contribution in [0.1, 0.15) is 34.1 Å². The van der Waals surface area contributed by atoms with Crippen LogP contribution in [0.4, 0.5) is 0 Å². The number of carbonyl (C=O) groups excluding carboxylic acids is 1. The zero-order valence-corrected chi connectivity index (χ0v) is 10.8. The van der Waals surface area contributed by atoms with Gasteiger partial charge in [-0.1, -0.05) is 20.8 Å². The zero-order chi connectivity index (χ0) is 12.3. The van der Waals surface area contributed by atoms with Crippen molar-refractivity contribution in [2.24, 2.45) is 11.1 Å². The average molecular weight is 228 g/mol. The molecule has 0 spiro atoms. The number of nitrogens with two attached hydrogens (primary N) is 1. The van der Waals surface area contributed by atoms with Crippen molar-refractivity contribution in [3.8, 4) is 0 Å². The molecule has 1 fully saturated rings. The lowest BCUT2D eigenvalue weighted by Gasteiger charge is -2.34. The average Bonchev–Trinajstić information content (AvgIpc) is 2.16. The monoisotopic (exact) mass is 228 g/mol. The van der Waals surface area contributed by atoms with Gasteiger partial charge in [-0.3, -0.25) is 4.79 Å². The molecular formula is C12H24N2O2. The van der Waals surface area contributed by atoms with Gasteiger partial charge in [0.2, 0.25) is 5.91 Å². The van der Waals surface area contributed by atoms with E-state index in [1.165, 1.54) is 0 Å². The number of rotatable bonds is 2. The van der Waals surface area contributed by atoms with Gasteiger partial charge in [0, 0.05) is 25.6 Å². The molecule has 2 atom stereocenters. The molecule has 2 N–H and O–H groups in total. The van der Waals surface area contributed by atoms with Crippen molar-refractivity contribution >= 4 is 5.91 Å². The molecule has 0 aromatic heterocycles. The van der Waals surface area contributed by atoms with E-state index in [0.29, 0.717) is 26.1 Å². The highest BCUT2D eigenvalue weighted by Crippen LogP contribution is 2.20. The number of nitrogens with zero attached hydrogens (tertiary/aromatic N) is 1. The molecule has 1 amide bonds. The van der Waals surface area contributed by atoms with Crippen LogP contribution in [-0.4, -0.2) is 42.6 Å². The zero-order valence-electron chi connectivity index (χ0n) is 10.8. The lowest BCUT2D eigenvalue weighted by Crippen LogP contribution is -2.47. The highest BCUT2D eigenvalue weighted by atomic mass is 16.5. The molecule has 2 unspecified atom stereocenters. The van der Waals surface area contributed by atoms with E-state index >= 15 is 0 Å². The van der Waals surface area contributed by atoms with Crippen LogP contribution in [0.3, 0.4) is 0 Å². The fraction of sp³-hybridized carbons (Fsp3) is 0.917. The molecule has 0 radical (unpaired) electrons.